The summed E-state index contributed by atoms with van der Waals surface area (Å²) < 4.78 is 5.69. The topological polar surface area (TPSA) is 64.3 Å². The molecule has 4 heteroatoms. The van der Waals surface area contributed by atoms with E-state index in [0.29, 0.717) is 6.61 Å². The van der Waals surface area contributed by atoms with Crippen molar-refractivity contribution in [2.75, 3.05) is 6.61 Å². The lowest BCUT2D eigenvalue weighted by Crippen LogP contribution is -2.31. The molecule has 0 heterocycles. The molecule has 19 heavy (non-hydrogen) atoms. The average molecular weight is 264 g/mol. The molecule has 1 aromatic rings. The van der Waals surface area contributed by atoms with E-state index in [-0.39, 0.29) is 17.7 Å². The summed E-state index contributed by atoms with van der Waals surface area (Å²) in [6.07, 6.45) is 1.30. The van der Waals surface area contributed by atoms with Gasteiger partial charge in [-0.2, -0.15) is 0 Å². The fourth-order valence-corrected chi connectivity index (χ4v) is 1.66. The van der Waals surface area contributed by atoms with Gasteiger partial charge in [0.1, 0.15) is 0 Å². The first-order valence-corrected chi connectivity index (χ1v) is 6.56. The molecule has 0 bridgehead atoms. The van der Waals surface area contributed by atoms with Crippen molar-refractivity contribution < 1.29 is 9.53 Å². The number of nitrogens with one attached hydrogen (secondary N) is 1. The molecule has 0 aliphatic rings. The van der Waals surface area contributed by atoms with E-state index in [1.165, 1.54) is 0 Å². The van der Waals surface area contributed by atoms with Crippen molar-refractivity contribution in [2.24, 2.45) is 11.3 Å². The second-order valence-corrected chi connectivity index (χ2v) is 5.88. The summed E-state index contributed by atoms with van der Waals surface area (Å²) in [5, 5.41) is 0. The van der Waals surface area contributed by atoms with E-state index in [4.69, 9.17) is 10.6 Å². The largest absolute Gasteiger partial charge is 0.377 e. The van der Waals surface area contributed by atoms with E-state index < -0.39 is 0 Å². The van der Waals surface area contributed by atoms with Gasteiger partial charge in [-0.1, -0.05) is 45.0 Å². The first-order valence-electron chi connectivity index (χ1n) is 6.56. The van der Waals surface area contributed by atoms with Gasteiger partial charge in [0, 0.05) is 6.61 Å². The molecule has 0 saturated carbocycles. The molecule has 0 unspecified atom stereocenters. The molecular weight excluding hydrogens is 240 g/mol. The van der Waals surface area contributed by atoms with Crippen molar-refractivity contribution in [3.63, 3.8) is 0 Å². The molecule has 3 N–H and O–H groups in total. The third kappa shape index (κ3) is 6.36. The Balaban J connectivity index is 2.51. The number of hydrogen-bond acceptors (Lipinski definition) is 3. The van der Waals surface area contributed by atoms with Crippen LogP contribution in [-0.4, -0.2) is 12.5 Å². The van der Waals surface area contributed by atoms with Gasteiger partial charge in [-0.25, -0.2) is 5.84 Å². The van der Waals surface area contributed by atoms with Crippen molar-refractivity contribution in [3.8, 4) is 0 Å². The van der Waals surface area contributed by atoms with Crippen LogP contribution in [0.1, 0.15) is 38.3 Å². The monoisotopic (exact) mass is 264 g/mol. The lowest BCUT2D eigenvalue weighted by molar-refractivity contribution is -0.120. The average Bonchev–Trinajstić information content (AvgIpc) is 2.35. The summed E-state index contributed by atoms with van der Waals surface area (Å²) in [4.78, 5) is 11.3. The third-order valence-electron chi connectivity index (χ3n) is 2.88. The van der Waals surface area contributed by atoms with Crippen LogP contribution in [0.25, 0.3) is 0 Å². The minimum absolute atomic E-state index is 0.192. The normalized spacial score (nSPS) is 11.4. The Morgan fingerprint density at radius 1 is 1.26 bits per heavy atom. The quantitative estimate of drug-likeness (QED) is 0.358. The fourth-order valence-electron chi connectivity index (χ4n) is 1.66. The molecule has 1 aromatic carbocycles. The number of hydrazine groups is 1. The number of rotatable bonds is 6. The van der Waals surface area contributed by atoms with E-state index in [0.717, 1.165) is 24.2 Å². The smallest absolute Gasteiger partial charge is 0.238 e. The van der Waals surface area contributed by atoms with Gasteiger partial charge in [-0.15, -0.1) is 0 Å². The standard InChI is InChI=1S/C15H24N2O2/c1-15(2,3)8-9-19-11-13-7-5-4-6-12(13)10-14(18)17-16/h4-7H,8-11,16H2,1-3H3,(H,17,18). The van der Waals surface area contributed by atoms with Crippen LogP contribution in [0, 0.1) is 5.41 Å². The van der Waals surface area contributed by atoms with Crippen LogP contribution in [-0.2, 0) is 22.6 Å². The summed E-state index contributed by atoms with van der Waals surface area (Å²) in [7, 11) is 0. The molecule has 4 nitrogen and oxygen atoms in total. The Labute approximate surface area is 115 Å². The summed E-state index contributed by atoms with van der Waals surface area (Å²) in [5.41, 5.74) is 4.43. The first kappa shape index (κ1) is 15.7. The van der Waals surface area contributed by atoms with E-state index >= 15 is 0 Å². The van der Waals surface area contributed by atoms with Crippen LogP contribution in [0.5, 0.6) is 0 Å². The first-order chi connectivity index (χ1) is 8.92. The van der Waals surface area contributed by atoms with E-state index in [2.05, 4.69) is 26.2 Å². The van der Waals surface area contributed by atoms with Crippen molar-refractivity contribution in [2.45, 2.75) is 40.2 Å². The van der Waals surface area contributed by atoms with E-state index in [1.54, 1.807) is 0 Å². The summed E-state index contributed by atoms with van der Waals surface area (Å²) in [5.74, 6) is 4.92. The maximum absolute atomic E-state index is 11.3. The Bertz CT molecular complexity index is 411. The number of ether oxygens (including phenoxy) is 1. The molecule has 0 fully saturated rings. The number of amides is 1. The van der Waals surface area contributed by atoms with Crippen molar-refractivity contribution >= 4 is 5.91 Å². The number of hydrogen-bond donors (Lipinski definition) is 2. The lowest BCUT2D eigenvalue weighted by Gasteiger charge is -2.18. The molecule has 0 saturated heterocycles. The van der Waals surface area contributed by atoms with Crippen LogP contribution in [0.2, 0.25) is 0 Å². The van der Waals surface area contributed by atoms with Crippen LogP contribution in [0.4, 0.5) is 0 Å². The predicted octanol–water partition coefficient (Wildman–Crippen LogP) is 2.17. The van der Waals surface area contributed by atoms with Crippen LogP contribution >= 0.6 is 0 Å². The van der Waals surface area contributed by atoms with Crippen LogP contribution < -0.4 is 11.3 Å². The SMILES string of the molecule is CC(C)(C)CCOCc1ccccc1CC(=O)NN. The van der Waals surface area contributed by atoms with Gasteiger partial charge in [0.15, 0.2) is 0 Å². The zero-order valence-electron chi connectivity index (χ0n) is 12.0. The maximum Gasteiger partial charge on any atom is 0.238 e. The number of carbonyl (C=O) groups is 1. The zero-order valence-corrected chi connectivity index (χ0v) is 12.0. The Morgan fingerprint density at radius 3 is 2.47 bits per heavy atom. The minimum Gasteiger partial charge on any atom is -0.377 e. The second-order valence-electron chi connectivity index (χ2n) is 5.88. The molecule has 0 spiro atoms. The Morgan fingerprint density at radius 2 is 1.89 bits per heavy atom. The van der Waals surface area contributed by atoms with Gasteiger partial charge in [-0.05, 0) is 23.0 Å². The number of carbonyl (C=O) groups excluding carboxylic acids is 1. The van der Waals surface area contributed by atoms with E-state index in [9.17, 15) is 4.79 Å². The Hall–Kier alpha value is -1.39. The maximum atomic E-state index is 11.3. The highest BCUT2D eigenvalue weighted by Crippen LogP contribution is 2.19. The highest BCUT2D eigenvalue weighted by atomic mass is 16.5. The summed E-state index contributed by atoms with van der Waals surface area (Å²) >= 11 is 0. The zero-order chi connectivity index (χ0) is 14.3. The van der Waals surface area contributed by atoms with Crippen molar-refractivity contribution in [3.05, 3.63) is 35.4 Å². The van der Waals surface area contributed by atoms with Gasteiger partial charge in [0.25, 0.3) is 0 Å². The van der Waals surface area contributed by atoms with Gasteiger partial charge >= 0.3 is 0 Å². The number of nitrogens with two attached hydrogens (primary N) is 1. The van der Waals surface area contributed by atoms with Crippen LogP contribution in [0.15, 0.2) is 24.3 Å². The highest BCUT2D eigenvalue weighted by Gasteiger charge is 2.10. The molecule has 0 aromatic heterocycles. The van der Waals surface area contributed by atoms with Gasteiger partial charge in [-0.3, -0.25) is 10.2 Å². The summed E-state index contributed by atoms with van der Waals surface area (Å²) in [6.45, 7) is 7.83. The highest BCUT2D eigenvalue weighted by molar-refractivity contribution is 5.78. The van der Waals surface area contributed by atoms with Gasteiger partial charge in [0.05, 0.1) is 13.0 Å². The lowest BCUT2D eigenvalue weighted by atomic mass is 9.93. The molecule has 106 valence electrons. The second kappa shape index (κ2) is 7.26. The third-order valence-corrected chi connectivity index (χ3v) is 2.88. The summed E-state index contributed by atoms with van der Waals surface area (Å²) in [6, 6.07) is 7.78. The molecular formula is C15H24N2O2. The van der Waals surface area contributed by atoms with Gasteiger partial charge in [0.2, 0.25) is 5.91 Å². The van der Waals surface area contributed by atoms with Crippen LogP contribution in [0.3, 0.4) is 0 Å². The molecule has 0 radical (unpaired) electrons. The van der Waals surface area contributed by atoms with Gasteiger partial charge < -0.3 is 4.74 Å². The molecule has 1 rings (SSSR count). The van der Waals surface area contributed by atoms with E-state index in [1.807, 2.05) is 24.3 Å². The predicted molar refractivity (Wildman–Crippen MR) is 76.2 cm³/mol. The fraction of sp³-hybridized carbons (Fsp3) is 0.533. The molecule has 0 atom stereocenters. The van der Waals surface area contributed by atoms with Crippen molar-refractivity contribution in [1.82, 2.24) is 5.43 Å². The molecule has 0 aliphatic heterocycles. The van der Waals surface area contributed by atoms with Crippen molar-refractivity contribution in [1.29, 1.82) is 0 Å². The Kier molecular flexibility index (Phi) is 5.99. The molecule has 0 aliphatic carbocycles. The number of benzene rings is 1. The minimum atomic E-state index is -0.192. The molecule has 1 amide bonds.